The summed E-state index contributed by atoms with van der Waals surface area (Å²) in [7, 11) is 0. The number of hydrogen-bond acceptors (Lipinski definition) is 6. The summed E-state index contributed by atoms with van der Waals surface area (Å²) in [6.45, 7) is 13.6. The van der Waals surface area contributed by atoms with Crippen molar-refractivity contribution in [1.29, 1.82) is 0 Å². The number of carbonyl (C=O) groups is 3. The Bertz CT molecular complexity index is 810. The molecule has 0 spiro atoms. The number of nitrogens with one attached hydrogen (secondary N) is 1. The summed E-state index contributed by atoms with van der Waals surface area (Å²) in [4.78, 5) is 37.4. The van der Waals surface area contributed by atoms with Crippen molar-refractivity contribution in [3.63, 3.8) is 0 Å². The van der Waals surface area contributed by atoms with Gasteiger partial charge in [-0.15, -0.1) is 12.4 Å². The predicted molar refractivity (Wildman–Crippen MR) is 152 cm³/mol. The van der Waals surface area contributed by atoms with E-state index in [4.69, 9.17) is 9.47 Å². The highest BCUT2D eigenvalue weighted by atomic mass is 35.5. The summed E-state index contributed by atoms with van der Waals surface area (Å²) < 4.78 is 61.4. The molecule has 3 saturated heterocycles. The SMILES string of the molecule is CC(C)(C)OC(=O)N1CCCC(=O)CC1.CC(C)(C)OC(=O)N1CCCC(F)(F)CC1.Cl.FC1(F)CCCNCC1. The average molecular weight is 620 g/mol. The lowest BCUT2D eigenvalue weighted by Crippen LogP contribution is -2.37. The highest BCUT2D eigenvalue weighted by Gasteiger charge is 2.34. The third kappa shape index (κ3) is 19.1. The fourth-order valence-corrected chi connectivity index (χ4v) is 4.04. The number of amides is 2. The lowest BCUT2D eigenvalue weighted by atomic mass is 10.1. The van der Waals surface area contributed by atoms with Crippen LogP contribution in [0.25, 0.3) is 0 Å². The third-order valence-electron chi connectivity index (χ3n) is 6.13. The minimum absolute atomic E-state index is 0. The van der Waals surface area contributed by atoms with Gasteiger partial charge in [0.2, 0.25) is 11.8 Å². The molecular weight excluding hydrogens is 570 g/mol. The molecule has 242 valence electrons. The van der Waals surface area contributed by atoms with Gasteiger partial charge in [0.15, 0.2) is 0 Å². The van der Waals surface area contributed by atoms with Crippen molar-refractivity contribution in [2.24, 2.45) is 0 Å². The first-order chi connectivity index (χ1) is 18.3. The Morgan fingerprint density at radius 1 is 0.683 bits per heavy atom. The molecule has 3 aliphatic heterocycles. The number of halogens is 5. The van der Waals surface area contributed by atoms with Crippen molar-refractivity contribution in [3.8, 4) is 0 Å². The molecule has 0 aliphatic carbocycles. The van der Waals surface area contributed by atoms with Crippen LogP contribution in [0.1, 0.15) is 99.3 Å². The van der Waals surface area contributed by atoms with E-state index >= 15 is 0 Å². The topological polar surface area (TPSA) is 88.2 Å². The molecule has 3 aliphatic rings. The van der Waals surface area contributed by atoms with Crippen LogP contribution in [0, 0.1) is 0 Å². The van der Waals surface area contributed by atoms with Crippen LogP contribution in [0.4, 0.5) is 27.2 Å². The number of carbonyl (C=O) groups excluding carboxylic acids is 3. The van der Waals surface area contributed by atoms with Gasteiger partial charge in [0.05, 0.1) is 0 Å². The first kappa shape index (κ1) is 39.2. The number of rotatable bonds is 0. The van der Waals surface area contributed by atoms with Crippen molar-refractivity contribution in [2.75, 3.05) is 39.3 Å². The summed E-state index contributed by atoms with van der Waals surface area (Å²) in [5, 5.41) is 2.92. The molecule has 0 saturated carbocycles. The van der Waals surface area contributed by atoms with E-state index in [9.17, 15) is 31.9 Å². The van der Waals surface area contributed by atoms with Gasteiger partial charge in [-0.1, -0.05) is 0 Å². The van der Waals surface area contributed by atoms with Crippen molar-refractivity contribution in [1.82, 2.24) is 15.1 Å². The molecule has 0 unspecified atom stereocenters. The van der Waals surface area contributed by atoms with Gasteiger partial charge in [0, 0.05) is 71.2 Å². The Balaban J connectivity index is 0.000000599. The first-order valence-electron chi connectivity index (χ1n) is 14.2. The number of nitrogens with zero attached hydrogens (tertiary/aromatic N) is 2. The van der Waals surface area contributed by atoms with E-state index in [1.165, 1.54) is 4.90 Å². The molecular formula is C28H50ClF4N3O5. The lowest BCUT2D eigenvalue weighted by Gasteiger charge is -2.26. The van der Waals surface area contributed by atoms with Gasteiger partial charge < -0.3 is 24.6 Å². The normalized spacial score (nSPS) is 21.2. The fraction of sp³-hybridized carbons (Fsp3) is 0.893. The zero-order valence-electron chi connectivity index (χ0n) is 25.5. The predicted octanol–water partition coefficient (Wildman–Crippen LogP) is 6.84. The fourth-order valence-electron chi connectivity index (χ4n) is 4.04. The second-order valence-corrected chi connectivity index (χ2v) is 12.5. The average Bonchev–Trinajstić information content (AvgIpc) is 3.21. The highest BCUT2D eigenvalue weighted by molar-refractivity contribution is 5.85. The molecule has 3 rings (SSSR count). The van der Waals surface area contributed by atoms with E-state index in [2.05, 4.69) is 5.32 Å². The van der Waals surface area contributed by atoms with Crippen LogP contribution in [0.3, 0.4) is 0 Å². The van der Waals surface area contributed by atoms with Gasteiger partial charge >= 0.3 is 12.2 Å². The van der Waals surface area contributed by atoms with Crippen LogP contribution < -0.4 is 5.32 Å². The molecule has 0 aromatic rings. The Morgan fingerprint density at radius 3 is 1.73 bits per heavy atom. The minimum atomic E-state index is -2.64. The largest absolute Gasteiger partial charge is 0.444 e. The standard InChI is InChI=1S/C11H19F2NO2.C11H19NO3.C6H11F2N.ClH/c1-10(2,3)16-9(15)14-7-4-5-11(12,13)6-8-14;1-11(2,3)15-10(14)12-7-4-5-9(13)6-8-12;7-6(8)2-1-4-9-5-3-6;/h4-8H2,1-3H3;4-8H2,1-3H3;9H,1-5H2;1H. The third-order valence-corrected chi connectivity index (χ3v) is 6.13. The maximum Gasteiger partial charge on any atom is 0.410 e. The van der Waals surface area contributed by atoms with E-state index in [1.807, 2.05) is 20.8 Å². The van der Waals surface area contributed by atoms with Crippen LogP contribution in [-0.2, 0) is 14.3 Å². The molecule has 0 radical (unpaired) electrons. The van der Waals surface area contributed by atoms with Gasteiger partial charge in [-0.3, -0.25) is 4.79 Å². The molecule has 41 heavy (non-hydrogen) atoms. The number of ether oxygens (including phenoxy) is 2. The number of ketones is 1. The van der Waals surface area contributed by atoms with Crippen LogP contribution in [0.5, 0.6) is 0 Å². The van der Waals surface area contributed by atoms with Gasteiger partial charge in [-0.05, 0) is 67.3 Å². The Kier molecular flexibility index (Phi) is 16.6. The van der Waals surface area contributed by atoms with Crippen molar-refractivity contribution < 1.29 is 41.4 Å². The van der Waals surface area contributed by atoms with E-state index in [1.54, 1.807) is 25.7 Å². The molecule has 13 heteroatoms. The van der Waals surface area contributed by atoms with Gasteiger partial charge in [0.25, 0.3) is 0 Å². The molecule has 0 aromatic carbocycles. The van der Waals surface area contributed by atoms with Crippen molar-refractivity contribution >= 4 is 30.4 Å². The van der Waals surface area contributed by atoms with Crippen LogP contribution in [0.2, 0.25) is 0 Å². The Labute approximate surface area is 248 Å². The first-order valence-corrected chi connectivity index (χ1v) is 14.2. The van der Waals surface area contributed by atoms with E-state index in [-0.39, 0.29) is 56.5 Å². The summed E-state index contributed by atoms with van der Waals surface area (Å²) in [5.41, 5.74) is -1.04. The Morgan fingerprint density at radius 2 is 1.17 bits per heavy atom. The molecule has 0 bridgehead atoms. The smallest absolute Gasteiger partial charge is 0.410 e. The van der Waals surface area contributed by atoms with E-state index in [0.29, 0.717) is 51.9 Å². The Hall–Kier alpha value is -1.82. The maximum absolute atomic E-state index is 13.1. The van der Waals surface area contributed by atoms with Crippen LogP contribution >= 0.6 is 12.4 Å². The van der Waals surface area contributed by atoms with Crippen LogP contribution in [0.15, 0.2) is 0 Å². The zero-order valence-corrected chi connectivity index (χ0v) is 26.3. The van der Waals surface area contributed by atoms with Crippen molar-refractivity contribution in [3.05, 3.63) is 0 Å². The lowest BCUT2D eigenvalue weighted by molar-refractivity contribution is -0.118. The minimum Gasteiger partial charge on any atom is -0.444 e. The molecule has 3 heterocycles. The second kappa shape index (κ2) is 17.3. The van der Waals surface area contributed by atoms with Crippen molar-refractivity contribution in [2.45, 2.75) is 122 Å². The molecule has 3 fully saturated rings. The van der Waals surface area contributed by atoms with Gasteiger partial charge in [0.1, 0.15) is 17.0 Å². The molecule has 2 amide bonds. The van der Waals surface area contributed by atoms with Gasteiger partial charge in [-0.25, -0.2) is 27.2 Å². The molecule has 0 aromatic heterocycles. The summed E-state index contributed by atoms with van der Waals surface area (Å²) in [5.74, 6) is -4.80. The zero-order chi connectivity index (χ0) is 30.6. The number of hydrogen-bond donors (Lipinski definition) is 1. The number of likely N-dealkylation sites (tertiary alicyclic amines) is 2. The van der Waals surface area contributed by atoms with Crippen LogP contribution in [-0.4, -0.2) is 90.1 Å². The van der Waals surface area contributed by atoms with Gasteiger partial charge in [-0.2, -0.15) is 0 Å². The summed E-state index contributed by atoms with van der Waals surface area (Å²) in [6.07, 6.45) is 1.56. The monoisotopic (exact) mass is 619 g/mol. The quantitative estimate of drug-likeness (QED) is 0.299. The number of Topliss-reactive ketones (excluding diaryl/α,β-unsaturated/α-hetero) is 1. The second-order valence-electron chi connectivity index (χ2n) is 12.5. The summed E-state index contributed by atoms with van der Waals surface area (Å²) in [6, 6.07) is 0. The maximum atomic E-state index is 13.1. The number of alkyl halides is 4. The molecule has 1 N–H and O–H groups in total. The summed E-state index contributed by atoms with van der Waals surface area (Å²) >= 11 is 0. The molecule has 0 atom stereocenters. The van der Waals surface area contributed by atoms with E-state index in [0.717, 1.165) is 13.0 Å². The molecule has 8 nitrogen and oxygen atoms in total. The highest BCUT2D eigenvalue weighted by Crippen LogP contribution is 2.28. The van der Waals surface area contributed by atoms with E-state index < -0.39 is 29.1 Å².